The number of benzene rings is 2. The van der Waals surface area contributed by atoms with E-state index in [0.29, 0.717) is 3.71 Å². The molecule has 0 radical (unpaired) electrons. The van der Waals surface area contributed by atoms with Gasteiger partial charge in [0.15, 0.2) is 5.82 Å². The number of aromatic nitrogens is 1. The molecule has 0 aliphatic heterocycles. The zero-order valence-electron chi connectivity index (χ0n) is 14.8. The molecule has 6 nitrogen and oxygen atoms in total. The van der Waals surface area contributed by atoms with Crippen LogP contribution in [0, 0.1) is 13.8 Å². The Bertz CT molecular complexity index is 1070. The zero-order valence-corrected chi connectivity index (χ0v) is 16.4. The molecule has 1 aromatic heterocycles. The van der Waals surface area contributed by atoms with E-state index in [0.717, 1.165) is 11.1 Å². The summed E-state index contributed by atoms with van der Waals surface area (Å²) in [6.07, 6.45) is 1.34. The summed E-state index contributed by atoms with van der Waals surface area (Å²) in [5.74, 6) is -0.196. The van der Waals surface area contributed by atoms with Crippen LogP contribution in [0.3, 0.4) is 0 Å². The van der Waals surface area contributed by atoms with Crippen LogP contribution in [0.4, 0.5) is 5.82 Å². The highest BCUT2D eigenvalue weighted by atomic mass is 32.3. The third-order valence-electron chi connectivity index (χ3n) is 3.91. The van der Waals surface area contributed by atoms with Crippen LogP contribution in [0.2, 0.25) is 0 Å². The van der Waals surface area contributed by atoms with E-state index in [1.54, 1.807) is 30.3 Å². The van der Waals surface area contributed by atoms with Crippen LogP contribution < -0.4 is 3.71 Å². The lowest BCUT2D eigenvalue weighted by atomic mass is 10.2. The molecule has 140 valence electrons. The molecule has 3 rings (SSSR count). The van der Waals surface area contributed by atoms with Gasteiger partial charge < -0.3 is 0 Å². The third kappa shape index (κ3) is 3.72. The van der Waals surface area contributed by atoms with Gasteiger partial charge in [0.1, 0.15) is 0 Å². The van der Waals surface area contributed by atoms with Crippen LogP contribution in [0.15, 0.2) is 82.7 Å². The maximum atomic E-state index is 13.2. The summed E-state index contributed by atoms with van der Waals surface area (Å²) in [6.45, 7) is 3.63. The van der Waals surface area contributed by atoms with Crippen molar-refractivity contribution in [1.29, 1.82) is 0 Å². The molecule has 0 aliphatic carbocycles. The normalized spacial score (nSPS) is 11.9. The van der Waals surface area contributed by atoms with Crippen molar-refractivity contribution in [3.8, 4) is 0 Å². The smallest absolute Gasteiger partial charge is 0.237 e. The molecule has 0 saturated carbocycles. The Balaban J connectivity index is 2.24. The van der Waals surface area contributed by atoms with Gasteiger partial charge in [-0.15, -0.1) is 3.71 Å². The number of hydrogen-bond acceptors (Lipinski definition) is 5. The molecule has 1 heterocycles. The predicted octanol–water partition coefficient (Wildman–Crippen LogP) is 3.28. The van der Waals surface area contributed by atoms with Gasteiger partial charge in [-0.25, -0.2) is 4.98 Å². The van der Waals surface area contributed by atoms with Crippen molar-refractivity contribution in [3.63, 3.8) is 0 Å². The highest BCUT2D eigenvalue weighted by Crippen LogP contribution is 2.29. The van der Waals surface area contributed by atoms with E-state index in [4.69, 9.17) is 0 Å². The summed E-state index contributed by atoms with van der Waals surface area (Å²) in [5.41, 5.74) is 1.72. The molecular weight excluding hydrogens is 384 g/mol. The minimum absolute atomic E-state index is 0.130. The monoisotopic (exact) mass is 402 g/mol. The minimum atomic E-state index is -4.40. The molecule has 0 N–H and O–H groups in total. The molecule has 0 atom stereocenters. The van der Waals surface area contributed by atoms with E-state index < -0.39 is 20.0 Å². The third-order valence-corrected chi connectivity index (χ3v) is 8.07. The standard InChI is InChI=1S/C19H18N2O4S2/c1-15-6-10-17(11-7-15)26(22,23)21(19-5-3-4-14-20-19)27(24,25)18-12-8-16(2)9-13-18/h3-14H,1-2H3. The van der Waals surface area contributed by atoms with Crippen LogP contribution in [0.5, 0.6) is 0 Å². The molecule has 27 heavy (non-hydrogen) atoms. The van der Waals surface area contributed by atoms with Crippen LogP contribution in [-0.4, -0.2) is 21.8 Å². The summed E-state index contributed by atoms with van der Waals surface area (Å²) in [6, 6.07) is 16.4. The number of sulfonamides is 2. The summed E-state index contributed by atoms with van der Waals surface area (Å²) in [5, 5.41) is 0. The fourth-order valence-electron chi connectivity index (χ4n) is 2.45. The second kappa shape index (κ2) is 7.13. The van der Waals surface area contributed by atoms with Crippen LogP contribution in [-0.2, 0) is 20.0 Å². The molecule has 0 bridgehead atoms. The number of pyridine rings is 1. The second-order valence-electron chi connectivity index (χ2n) is 6.02. The Hall–Kier alpha value is -2.71. The van der Waals surface area contributed by atoms with E-state index in [1.807, 2.05) is 13.8 Å². The summed E-state index contributed by atoms with van der Waals surface area (Å²) < 4.78 is 53.3. The first-order valence-corrected chi connectivity index (χ1v) is 11.0. The lowest BCUT2D eigenvalue weighted by Crippen LogP contribution is -2.37. The van der Waals surface area contributed by atoms with E-state index >= 15 is 0 Å². The largest absolute Gasteiger partial charge is 0.279 e. The average molecular weight is 402 g/mol. The zero-order chi connectivity index (χ0) is 19.7. The van der Waals surface area contributed by atoms with Gasteiger partial charge in [-0.1, -0.05) is 41.5 Å². The van der Waals surface area contributed by atoms with E-state index in [1.165, 1.54) is 42.6 Å². The van der Waals surface area contributed by atoms with Crippen molar-refractivity contribution in [2.45, 2.75) is 23.6 Å². The number of nitrogens with zero attached hydrogens (tertiary/aromatic N) is 2. The number of aryl methyl sites for hydroxylation is 2. The lowest BCUT2D eigenvalue weighted by Gasteiger charge is -2.23. The van der Waals surface area contributed by atoms with Crippen molar-refractivity contribution in [3.05, 3.63) is 84.1 Å². The molecule has 8 heteroatoms. The van der Waals surface area contributed by atoms with Gasteiger partial charge in [-0.2, -0.15) is 16.8 Å². The van der Waals surface area contributed by atoms with Crippen molar-refractivity contribution >= 4 is 25.9 Å². The fraction of sp³-hybridized carbons (Fsp3) is 0.105. The molecule has 0 amide bonds. The van der Waals surface area contributed by atoms with Gasteiger partial charge in [0.2, 0.25) is 0 Å². The number of anilines is 1. The molecule has 0 aliphatic rings. The van der Waals surface area contributed by atoms with Crippen LogP contribution in [0.1, 0.15) is 11.1 Å². The maximum absolute atomic E-state index is 13.2. The van der Waals surface area contributed by atoms with Crippen molar-refractivity contribution in [2.75, 3.05) is 3.71 Å². The fourth-order valence-corrected chi connectivity index (χ4v) is 6.05. The first-order chi connectivity index (χ1) is 12.7. The van der Waals surface area contributed by atoms with Crippen molar-refractivity contribution in [1.82, 2.24) is 4.98 Å². The quantitative estimate of drug-likeness (QED) is 0.654. The van der Waals surface area contributed by atoms with Crippen LogP contribution >= 0.6 is 0 Å². The van der Waals surface area contributed by atoms with Crippen molar-refractivity contribution < 1.29 is 16.8 Å². The Morgan fingerprint density at radius 3 is 1.48 bits per heavy atom. The van der Waals surface area contributed by atoms with Gasteiger partial charge in [-0.3, -0.25) is 0 Å². The van der Waals surface area contributed by atoms with E-state index in [9.17, 15) is 16.8 Å². The Morgan fingerprint density at radius 2 is 1.11 bits per heavy atom. The van der Waals surface area contributed by atoms with Crippen molar-refractivity contribution in [2.24, 2.45) is 0 Å². The summed E-state index contributed by atoms with van der Waals surface area (Å²) in [7, 11) is -8.81. The molecule has 0 spiro atoms. The predicted molar refractivity (Wildman–Crippen MR) is 103 cm³/mol. The molecule has 0 fully saturated rings. The molecular formula is C19H18N2O4S2. The lowest BCUT2D eigenvalue weighted by molar-refractivity contribution is 0.583. The summed E-state index contributed by atoms with van der Waals surface area (Å²) in [4.78, 5) is 3.71. The Morgan fingerprint density at radius 1 is 0.667 bits per heavy atom. The highest BCUT2D eigenvalue weighted by molar-refractivity contribution is 8.10. The SMILES string of the molecule is Cc1ccc(S(=O)(=O)N(c2ccccn2)S(=O)(=O)c2ccc(C)cc2)cc1. The van der Waals surface area contributed by atoms with Gasteiger partial charge in [-0.05, 0) is 50.2 Å². The molecule has 0 saturated heterocycles. The van der Waals surface area contributed by atoms with Gasteiger partial charge in [0, 0.05) is 6.20 Å². The van der Waals surface area contributed by atoms with Gasteiger partial charge in [0.25, 0.3) is 20.0 Å². The maximum Gasteiger partial charge on any atom is 0.279 e. The topological polar surface area (TPSA) is 84.4 Å². The van der Waals surface area contributed by atoms with E-state index in [2.05, 4.69) is 4.98 Å². The first kappa shape index (κ1) is 19.1. The number of rotatable bonds is 5. The minimum Gasteiger partial charge on any atom is -0.237 e. The Kier molecular flexibility index (Phi) is 5.03. The number of hydrogen-bond donors (Lipinski definition) is 0. The van der Waals surface area contributed by atoms with Crippen LogP contribution in [0.25, 0.3) is 0 Å². The molecule has 2 aromatic carbocycles. The highest BCUT2D eigenvalue weighted by Gasteiger charge is 2.37. The average Bonchev–Trinajstić information content (AvgIpc) is 2.63. The van der Waals surface area contributed by atoms with Gasteiger partial charge >= 0.3 is 0 Å². The first-order valence-electron chi connectivity index (χ1n) is 8.08. The van der Waals surface area contributed by atoms with Gasteiger partial charge in [0.05, 0.1) is 9.79 Å². The molecule has 3 aromatic rings. The van der Waals surface area contributed by atoms with E-state index in [-0.39, 0.29) is 15.6 Å². The summed E-state index contributed by atoms with van der Waals surface area (Å²) >= 11 is 0. The second-order valence-corrected chi connectivity index (χ2v) is 9.83. The molecule has 0 unspecified atom stereocenters. The Labute approximate surface area is 159 Å².